The first-order chi connectivity index (χ1) is 9.16. The van der Waals surface area contributed by atoms with Crippen LogP contribution in [0.25, 0.3) is 0 Å². The topological polar surface area (TPSA) is 75.6 Å². The Balaban J connectivity index is 1.68. The minimum atomic E-state index is -0.944. The molecule has 4 atom stereocenters. The molecular formula is C14H19NO4. The van der Waals surface area contributed by atoms with E-state index in [1.54, 1.807) is 6.08 Å². The van der Waals surface area contributed by atoms with E-state index in [-0.39, 0.29) is 18.1 Å². The van der Waals surface area contributed by atoms with E-state index in [0.29, 0.717) is 0 Å². The first kappa shape index (κ1) is 12.7. The zero-order chi connectivity index (χ0) is 13.4. The average molecular weight is 265 g/mol. The smallest absolute Gasteiger partial charge is 0.310 e. The molecule has 2 heterocycles. The predicted molar refractivity (Wildman–Crippen MR) is 67.4 cm³/mol. The van der Waals surface area contributed by atoms with Crippen molar-refractivity contribution in [2.24, 2.45) is 11.8 Å². The molecule has 3 rings (SSSR count). The molecule has 1 aliphatic carbocycles. The van der Waals surface area contributed by atoms with Gasteiger partial charge in [-0.15, -0.1) is 0 Å². The second-order valence-corrected chi connectivity index (χ2v) is 5.68. The lowest BCUT2D eigenvalue weighted by Crippen LogP contribution is -2.46. The van der Waals surface area contributed by atoms with Gasteiger partial charge in [-0.3, -0.25) is 9.59 Å². The summed E-state index contributed by atoms with van der Waals surface area (Å²) in [4.78, 5) is 23.6. The largest absolute Gasteiger partial charge is 0.481 e. The van der Waals surface area contributed by atoms with Crippen molar-refractivity contribution in [3.05, 3.63) is 12.2 Å². The summed E-state index contributed by atoms with van der Waals surface area (Å²) in [5.74, 6) is -2.41. The number of carboxylic acids is 1. The van der Waals surface area contributed by atoms with E-state index in [1.165, 1.54) is 6.42 Å². The summed E-state index contributed by atoms with van der Waals surface area (Å²) in [7, 11) is 0. The molecule has 1 saturated heterocycles. The molecule has 1 saturated carbocycles. The molecule has 3 aliphatic rings. The Bertz CT molecular complexity index is 414. The van der Waals surface area contributed by atoms with Crippen molar-refractivity contribution in [3.8, 4) is 0 Å². The second-order valence-electron chi connectivity index (χ2n) is 5.68. The van der Waals surface area contributed by atoms with E-state index in [2.05, 4.69) is 5.32 Å². The highest BCUT2D eigenvalue weighted by atomic mass is 16.5. The van der Waals surface area contributed by atoms with E-state index in [1.807, 2.05) is 6.08 Å². The Kier molecular flexibility index (Phi) is 3.31. The molecule has 5 heteroatoms. The number of ether oxygens (including phenoxy) is 1. The molecule has 0 spiro atoms. The van der Waals surface area contributed by atoms with Crippen LogP contribution in [0, 0.1) is 11.8 Å². The van der Waals surface area contributed by atoms with Gasteiger partial charge in [0.1, 0.15) is 5.92 Å². The summed E-state index contributed by atoms with van der Waals surface area (Å²) in [6.07, 6.45) is 8.27. The summed E-state index contributed by atoms with van der Waals surface area (Å²) in [6.45, 7) is 0. The van der Waals surface area contributed by atoms with Gasteiger partial charge in [0.25, 0.3) is 0 Å². The normalized spacial score (nSPS) is 37.5. The zero-order valence-corrected chi connectivity index (χ0v) is 10.7. The Hall–Kier alpha value is -1.36. The van der Waals surface area contributed by atoms with E-state index in [9.17, 15) is 14.7 Å². The molecule has 0 unspecified atom stereocenters. The highest BCUT2D eigenvalue weighted by Gasteiger charge is 2.53. The highest BCUT2D eigenvalue weighted by molar-refractivity contribution is 5.87. The molecule has 0 aromatic heterocycles. The number of hydrogen-bond acceptors (Lipinski definition) is 3. The van der Waals surface area contributed by atoms with E-state index in [0.717, 1.165) is 25.7 Å². The first-order valence-corrected chi connectivity index (χ1v) is 7.04. The van der Waals surface area contributed by atoms with Crippen LogP contribution in [0.3, 0.4) is 0 Å². The summed E-state index contributed by atoms with van der Waals surface area (Å²) in [6, 6.07) is 0.207. The molecule has 0 radical (unpaired) electrons. The van der Waals surface area contributed by atoms with Crippen LogP contribution < -0.4 is 5.32 Å². The monoisotopic (exact) mass is 265 g/mol. The lowest BCUT2D eigenvalue weighted by Gasteiger charge is -2.27. The number of hydrogen-bond donors (Lipinski definition) is 2. The van der Waals surface area contributed by atoms with Gasteiger partial charge >= 0.3 is 5.97 Å². The SMILES string of the molecule is O=C(NC1CCCCC1)[C@@H]1[C@H](C(=O)O)[C@@H]2C=C[C@H]1O2. The number of carbonyl (C=O) groups excluding carboxylic acids is 1. The van der Waals surface area contributed by atoms with Crippen LogP contribution >= 0.6 is 0 Å². The number of carbonyl (C=O) groups is 2. The average Bonchev–Trinajstić information content (AvgIpc) is 2.99. The molecule has 19 heavy (non-hydrogen) atoms. The van der Waals surface area contributed by atoms with Crippen molar-refractivity contribution in [1.82, 2.24) is 5.32 Å². The van der Waals surface area contributed by atoms with Gasteiger partial charge < -0.3 is 15.2 Å². The summed E-state index contributed by atoms with van der Waals surface area (Å²) in [5.41, 5.74) is 0. The second kappa shape index (κ2) is 4.96. The zero-order valence-electron chi connectivity index (χ0n) is 10.7. The number of amides is 1. The fraction of sp³-hybridized carbons (Fsp3) is 0.714. The number of rotatable bonds is 3. The van der Waals surface area contributed by atoms with Crippen LogP contribution in [0.1, 0.15) is 32.1 Å². The lowest BCUT2D eigenvalue weighted by atomic mass is 9.82. The Morgan fingerprint density at radius 1 is 1.05 bits per heavy atom. The van der Waals surface area contributed by atoms with Crippen LogP contribution in [-0.2, 0) is 14.3 Å². The van der Waals surface area contributed by atoms with Crippen LogP contribution in [0.15, 0.2) is 12.2 Å². The van der Waals surface area contributed by atoms with Gasteiger partial charge in [0.2, 0.25) is 5.91 Å². The van der Waals surface area contributed by atoms with Crippen molar-refractivity contribution >= 4 is 11.9 Å². The van der Waals surface area contributed by atoms with E-state index in [4.69, 9.17) is 4.74 Å². The third-order valence-electron chi connectivity index (χ3n) is 4.44. The molecule has 2 bridgehead atoms. The van der Waals surface area contributed by atoms with Gasteiger partial charge in [0.05, 0.1) is 18.1 Å². The maximum Gasteiger partial charge on any atom is 0.310 e. The molecule has 2 N–H and O–H groups in total. The Morgan fingerprint density at radius 2 is 1.68 bits per heavy atom. The molecular weight excluding hydrogens is 246 g/mol. The quantitative estimate of drug-likeness (QED) is 0.749. The number of aliphatic carboxylic acids is 1. The third-order valence-corrected chi connectivity index (χ3v) is 4.44. The van der Waals surface area contributed by atoms with Gasteiger partial charge in [0, 0.05) is 6.04 Å². The van der Waals surface area contributed by atoms with Gasteiger partial charge in [-0.1, -0.05) is 31.4 Å². The van der Waals surface area contributed by atoms with Gasteiger partial charge in [0.15, 0.2) is 0 Å². The summed E-state index contributed by atoms with van der Waals surface area (Å²) < 4.78 is 5.52. The molecule has 5 nitrogen and oxygen atoms in total. The van der Waals surface area contributed by atoms with Crippen molar-refractivity contribution < 1.29 is 19.4 Å². The van der Waals surface area contributed by atoms with Crippen LogP contribution in [-0.4, -0.2) is 35.2 Å². The Morgan fingerprint density at radius 3 is 2.32 bits per heavy atom. The predicted octanol–water partition coefficient (Wildman–Crippen LogP) is 1.09. The molecule has 104 valence electrons. The standard InChI is InChI=1S/C14H19NO4/c16-13(15-8-4-2-1-3-5-8)11-9-6-7-10(19-9)12(11)14(17)18/h6-12H,1-5H2,(H,15,16)(H,17,18)/t9-,10+,11+,12-/m1/s1. The maximum atomic E-state index is 12.3. The van der Waals surface area contributed by atoms with Gasteiger partial charge in [-0.05, 0) is 12.8 Å². The van der Waals surface area contributed by atoms with Crippen molar-refractivity contribution in [2.45, 2.75) is 50.4 Å². The molecule has 2 fully saturated rings. The fourth-order valence-corrected chi connectivity index (χ4v) is 3.46. The van der Waals surface area contributed by atoms with Gasteiger partial charge in [-0.25, -0.2) is 0 Å². The third kappa shape index (κ3) is 2.27. The highest BCUT2D eigenvalue weighted by Crippen LogP contribution is 2.39. The molecule has 1 amide bonds. The van der Waals surface area contributed by atoms with Crippen molar-refractivity contribution in [3.63, 3.8) is 0 Å². The molecule has 0 aromatic rings. The number of carboxylic acid groups (broad SMARTS) is 1. The first-order valence-electron chi connectivity index (χ1n) is 7.04. The number of nitrogens with one attached hydrogen (secondary N) is 1. The molecule has 0 aromatic carbocycles. The Labute approximate surface area is 112 Å². The lowest BCUT2D eigenvalue weighted by molar-refractivity contribution is -0.146. The summed E-state index contributed by atoms with van der Waals surface area (Å²) in [5, 5.41) is 12.3. The van der Waals surface area contributed by atoms with Crippen LogP contribution in [0.5, 0.6) is 0 Å². The van der Waals surface area contributed by atoms with E-state index >= 15 is 0 Å². The van der Waals surface area contributed by atoms with Gasteiger partial charge in [-0.2, -0.15) is 0 Å². The number of fused-ring (bicyclic) bond motifs is 2. The molecule has 2 aliphatic heterocycles. The maximum absolute atomic E-state index is 12.3. The fourth-order valence-electron chi connectivity index (χ4n) is 3.46. The summed E-state index contributed by atoms with van der Waals surface area (Å²) >= 11 is 0. The minimum Gasteiger partial charge on any atom is -0.481 e. The minimum absolute atomic E-state index is 0.156. The van der Waals surface area contributed by atoms with E-state index < -0.39 is 23.9 Å². The van der Waals surface area contributed by atoms with Crippen molar-refractivity contribution in [2.75, 3.05) is 0 Å². The van der Waals surface area contributed by atoms with Crippen LogP contribution in [0.4, 0.5) is 0 Å². The van der Waals surface area contributed by atoms with Crippen LogP contribution in [0.2, 0.25) is 0 Å². The van der Waals surface area contributed by atoms with Crippen molar-refractivity contribution in [1.29, 1.82) is 0 Å².